The first-order chi connectivity index (χ1) is 32.7. The highest BCUT2D eigenvalue weighted by Crippen LogP contribution is 2.45. The zero-order valence-electron chi connectivity index (χ0n) is 35.5. The number of nitriles is 2. The molecule has 0 aliphatic carbocycles. The Morgan fingerprint density at radius 2 is 0.788 bits per heavy atom. The summed E-state index contributed by atoms with van der Waals surface area (Å²) in [6.07, 6.45) is 3.68. The van der Waals surface area contributed by atoms with Crippen molar-refractivity contribution in [1.82, 2.24) is 19.1 Å². The van der Waals surface area contributed by atoms with E-state index in [2.05, 4.69) is 149 Å². The van der Waals surface area contributed by atoms with Gasteiger partial charge in [0.15, 0.2) is 0 Å². The van der Waals surface area contributed by atoms with Crippen molar-refractivity contribution >= 4 is 43.6 Å². The van der Waals surface area contributed by atoms with Crippen LogP contribution >= 0.6 is 0 Å². The van der Waals surface area contributed by atoms with Gasteiger partial charge in [0.2, 0.25) is 0 Å². The summed E-state index contributed by atoms with van der Waals surface area (Å²) in [6, 6.07) is 75.7. The average molecular weight is 841 g/mol. The number of hydrogen-bond acceptors (Lipinski definition) is 4. The Bertz CT molecular complexity index is 3740. The van der Waals surface area contributed by atoms with Gasteiger partial charge in [0, 0.05) is 61.8 Å². The fourth-order valence-corrected chi connectivity index (χ4v) is 9.79. The van der Waals surface area contributed by atoms with Crippen molar-refractivity contribution in [1.29, 1.82) is 10.5 Å². The van der Waals surface area contributed by atoms with E-state index in [9.17, 15) is 10.5 Å². The smallest absolute Gasteiger partial charge is 0.0993 e. The zero-order valence-corrected chi connectivity index (χ0v) is 35.5. The third-order valence-corrected chi connectivity index (χ3v) is 12.7. The van der Waals surface area contributed by atoms with E-state index in [1.54, 1.807) is 0 Å². The number of rotatable bonds is 7. The van der Waals surface area contributed by atoms with Crippen LogP contribution in [0, 0.1) is 22.7 Å². The van der Waals surface area contributed by atoms with Gasteiger partial charge < -0.3 is 9.13 Å². The molecule has 66 heavy (non-hydrogen) atoms. The molecule has 0 unspecified atom stereocenters. The van der Waals surface area contributed by atoms with E-state index < -0.39 is 0 Å². The lowest BCUT2D eigenvalue weighted by molar-refractivity contribution is 1.13. The predicted molar refractivity (Wildman–Crippen MR) is 267 cm³/mol. The van der Waals surface area contributed by atoms with Crippen molar-refractivity contribution in [3.63, 3.8) is 0 Å². The summed E-state index contributed by atoms with van der Waals surface area (Å²) in [5, 5.41) is 25.7. The second-order valence-electron chi connectivity index (χ2n) is 16.4. The van der Waals surface area contributed by atoms with Gasteiger partial charge in [-0.15, -0.1) is 0 Å². The van der Waals surface area contributed by atoms with Gasteiger partial charge in [-0.05, 0) is 77.4 Å². The van der Waals surface area contributed by atoms with Crippen LogP contribution in [0.3, 0.4) is 0 Å². The minimum atomic E-state index is 0.501. The molecule has 0 radical (unpaired) electrons. The van der Waals surface area contributed by atoms with Crippen LogP contribution in [-0.2, 0) is 0 Å². The van der Waals surface area contributed by atoms with Gasteiger partial charge in [-0.2, -0.15) is 10.5 Å². The molecular formula is C60H36N6. The number of nitrogens with zero attached hydrogens (tertiary/aromatic N) is 6. The van der Waals surface area contributed by atoms with E-state index in [1.807, 2.05) is 91.3 Å². The molecule has 0 N–H and O–H groups in total. The maximum Gasteiger partial charge on any atom is 0.0993 e. The van der Waals surface area contributed by atoms with Crippen molar-refractivity contribution in [3.8, 4) is 79.4 Å². The highest BCUT2D eigenvalue weighted by molar-refractivity contribution is 6.13. The van der Waals surface area contributed by atoms with Gasteiger partial charge in [-0.25, -0.2) is 0 Å². The molecule has 12 rings (SSSR count). The number of aromatic nitrogens is 4. The number of hydrogen-bond donors (Lipinski definition) is 0. The highest BCUT2D eigenvalue weighted by Gasteiger charge is 2.24. The van der Waals surface area contributed by atoms with Gasteiger partial charge in [0.1, 0.15) is 0 Å². The fourth-order valence-electron chi connectivity index (χ4n) is 9.79. The van der Waals surface area contributed by atoms with Crippen molar-refractivity contribution < 1.29 is 0 Å². The van der Waals surface area contributed by atoms with Gasteiger partial charge in [0.25, 0.3) is 0 Å². The summed E-state index contributed by atoms with van der Waals surface area (Å²) in [6.45, 7) is 0. The maximum absolute atomic E-state index is 11.0. The molecule has 4 heterocycles. The van der Waals surface area contributed by atoms with Gasteiger partial charge in [-0.1, -0.05) is 146 Å². The molecule has 12 aromatic rings. The Hall–Kier alpha value is -9.36. The molecule has 0 aliphatic heterocycles. The molecule has 8 aromatic carbocycles. The third-order valence-electron chi connectivity index (χ3n) is 12.7. The van der Waals surface area contributed by atoms with Crippen LogP contribution in [0.4, 0.5) is 0 Å². The molecule has 6 nitrogen and oxygen atoms in total. The molecule has 0 atom stereocenters. The van der Waals surface area contributed by atoms with E-state index in [0.717, 1.165) is 111 Å². The number of para-hydroxylation sites is 2. The van der Waals surface area contributed by atoms with Gasteiger partial charge >= 0.3 is 0 Å². The minimum Gasteiger partial charge on any atom is -0.308 e. The van der Waals surface area contributed by atoms with Crippen LogP contribution in [0.15, 0.2) is 219 Å². The largest absolute Gasteiger partial charge is 0.308 e. The molecular weight excluding hydrogens is 805 g/mol. The third kappa shape index (κ3) is 6.25. The molecule has 4 aromatic heterocycles. The van der Waals surface area contributed by atoms with Crippen molar-refractivity contribution in [2.45, 2.75) is 0 Å². The second kappa shape index (κ2) is 15.8. The van der Waals surface area contributed by atoms with Gasteiger partial charge in [0.05, 0.1) is 68.1 Å². The Labute approximate surface area is 380 Å². The number of fused-ring (bicyclic) bond motifs is 6. The van der Waals surface area contributed by atoms with Crippen LogP contribution in [0.5, 0.6) is 0 Å². The SMILES string of the molecule is N#Cc1cccc(-c2c(-n3c4ccccc4c4ccc(-c5cccnc5-c5ccccc5)cc43)cc(C#N)cc2-n2c3ccccc3c3ccc(-c4cccnc4-c4ccccc4)cc32)c1. The first kappa shape index (κ1) is 38.3. The average Bonchev–Trinajstić information content (AvgIpc) is 3.90. The van der Waals surface area contributed by atoms with Crippen molar-refractivity contribution in [3.05, 3.63) is 230 Å². The monoisotopic (exact) mass is 840 g/mol. The molecule has 6 heteroatoms. The van der Waals surface area contributed by atoms with Crippen LogP contribution < -0.4 is 0 Å². The molecule has 0 bridgehead atoms. The van der Waals surface area contributed by atoms with Crippen LogP contribution in [-0.4, -0.2) is 19.1 Å². The molecule has 0 fully saturated rings. The van der Waals surface area contributed by atoms with E-state index in [-0.39, 0.29) is 0 Å². The molecule has 0 saturated heterocycles. The van der Waals surface area contributed by atoms with E-state index >= 15 is 0 Å². The highest BCUT2D eigenvalue weighted by atomic mass is 15.0. The fraction of sp³-hybridized carbons (Fsp3) is 0. The van der Waals surface area contributed by atoms with Crippen LogP contribution in [0.25, 0.3) is 111 Å². The maximum atomic E-state index is 11.0. The lowest BCUT2D eigenvalue weighted by atomic mass is 9.96. The summed E-state index contributed by atoms with van der Waals surface area (Å²) in [7, 11) is 0. The first-order valence-electron chi connectivity index (χ1n) is 21.8. The minimum absolute atomic E-state index is 0.501. The standard InChI is InChI=1S/C60H36N6/c61-37-39-14-11-19-45(32-39)58-56(65-52-24-9-7-20-48(52)50-28-26-43(35-54(50)65)46-22-12-30-63-59(46)41-15-3-1-4-16-41)33-40(38-62)34-57(58)66-53-25-10-8-21-49(53)51-29-27-44(36-55(51)66)47-23-13-31-64-60(47)42-17-5-2-6-18-42/h1-36H. The van der Waals surface area contributed by atoms with Crippen molar-refractivity contribution in [2.75, 3.05) is 0 Å². The topological polar surface area (TPSA) is 83.2 Å². The summed E-state index contributed by atoms with van der Waals surface area (Å²) in [5.74, 6) is 0. The molecule has 0 spiro atoms. The lowest BCUT2D eigenvalue weighted by Crippen LogP contribution is -2.05. The van der Waals surface area contributed by atoms with Crippen molar-refractivity contribution in [2.24, 2.45) is 0 Å². The molecule has 0 amide bonds. The lowest BCUT2D eigenvalue weighted by Gasteiger charge is -2.21. The Morgan fingerprint density at radius 3 is 1.29 bits per heavy atom. The summed E-state index contributed by atoms with van der Waals surface area (Å²) in [5.41, 5.74) is 16.3. The zero-order chi connectivity index (χ0) is 44.1. The van der Waals surface area contributed by atoms with Gasteiger partial charge in [-0.3, -0.25) is 9.97 Å². The molecule has 0 saturated carbocycles. The quantitative estimate of drug-likeness (QED) is 0.160. The molecule has 0 aliphatic rings. The molecule has 306 valence electrons. The van der Waals surface area contributed by atoms with E-state index in [1.165, 1.54) is 0 Å². The van der Waals surface area contributed by atoms with E-state index in [4.69, 9.17) is 9.97 Å². The summed E-state index contributed by atoms with van der Waals surface area (Å²) < 4.78 is 4.60. The Kier molecular flexibility index (Phi) is 9.16. The Balaban J connectivity index is 1.19. The van der Waals surface area contributed by atoms with E-state index in [0.29, 0.717) is 11.1 Å². The first-order valence-corrected chi connectivity index (χ1v) is 21.8. The normalized spacial score (nSPS) is 11.3. The van der Waals surface area contributed by atoms with Crippen LogP contribution in [0.1, 0.15) is 11.1 Å². The predicted octanol–water partition coefficient (Wildman–Crippen LogP) is 14.7. The number of pyridine rings is 2. The van der Waals surface area contributed by atoms with Crippen LogP contribution in [0.2, 0.25) is 0 Å². The second-order valence-corrected chi connectivity index (χ2v) is 16.4. The summed E-state index contributed by atoms with van der Waals surface area (Å²) in [4.78, 5) is 9.76. The number of benzene rings is 8. The summed E-state index contributed by atoms with van der Waals surface area (Å²) >= 11 is 0. The Morgan fingerprint density at radius 1 is 0.333 bits per heavy atom.